The predicted octanol–water partition coefficient (Wildman–Crippen LogP) is 2.41. The highest BCUT2D eigenvalue weighted by Gasteiger charge is 2.21. The minimum Gasteiger partial charge on any atom is -0.381 e. The highest BCUT2D eigenvalue weighted by molar-refractivity contribution is 5.85. The molecule has 1 aliphatic rings. The van der Waals surface area contributed by atoms with Gasteiger partial charge in [-0.05, 0) is 36.5 Å². The first-order valence-electron chi connectivity index (χ1n) is 5.64. The molecule has 0 saturated carbocycles. The molecule has 1 aromatic rings. The van der Waals surface area contributed by atoms with Crippen LogP contribution in [-0.2, 0) is 4.74 Å². The maximum absolute atomic E-state index is 8.72. The zero-order valence-electron chi connectivity index (χ0n) is 9.63. The van der Waals surface area contributed by atoms with Crippen LogP contribution in [-0.4, -0.2) is 13.2 Å². The molecule has 1 heterocycles. The fourth-order valence-corrected chi connectivity index (χ4v) is 2.13. The van der Waals surface area contributed by atoms with Crippen LogP contribution in [0.4, 0.5) is 0 Å². The molecule has 0 amide bonds. The van der Waals surface area contributed by atoms with Gasteiger partial charge in [0.25, 0.3) is 0 Å². The third-order valence-electron chi connectivity index (χ3n) is 3.20. The molecule has 2 N–H and O–H groups in total. The first-order valence-corrected chi connectivity index (χ1v) is 5.64. The summed E-state index contributed by atoms with van der Waals surface area (Å²) in [6, 6.07) is 9.75. The molecule has 0 aliphatic carbocycles. The van der Waals surface area contributed by atoms with Crippen LogP contribution in [0.25, 0.3) is 0 Å². The number of hydrogen-bond acceptors (Lipinski definition) is 3. The summed E-state index contributed by atoms with van der Waals surface area (Å²) in [5, 5.41) is 8.72. The van der Waals surface area contributed by atoms with E-state index in [4.69, 9.17) is 15.7 Å². The number of nitrogens with two attached hydrogens (primary N) is 1. The summed E-state index contributed by atoms with van der Waals surface area (Å²) in [6.07, 6.45) is 2.06. The van der Waals surface area contributed by atoms with Crippen LogP contribution in [0.15, 0.2) is 24.3 Å². The van der Waals surface area contributed by atoms with Crippen molar-refractivity contribution in [1.29, 1.82) is 5.26 Å². The van der Waals surface area contributed by atoms with Crippen molar-refractivity contribution in [1.82, 2.24) is 0 Å². The van der Waals surface area contributed by atoms with E-state index in [2.05, 4.69) is 6.07 Å². The van der Waals surface area contributed by atoms with Crippen LogP contribution in [0.3, 0.4) is 0 Å². The zero-order chi connectivity index (χ0) is 11.4. The Labute approximate surface area is 108 Å². The molecule has 3 nitrogen and oxygen atoms in total. The van der Waals surface area contributed by atoms with Crippen molar-refractivity contribution in [2.24, 2.45) is 11.7 Å². The molecular formula is C13H17ClN2O. The average molecular weight is 253 g/mol. The lowest BCUT2D eigenvalue weighted by Crippen LogP contribution is -2.27. The van der Waals surface area contributed by atoms with Crippen molar-refractivity contribution in [3.8, 4) is 6.07 Å². The summed E-state index contributed by atoms with van der Waals surface area (Å²) in [5.41, 5.74) is 8.02. The second-order valence-corrected chi connectivity index (χ2v) is 4.21. The van der Waals surface area contributed by atoms with E-state index in [1.165, 1.54) is 0 Å². The molecule has 4 heteroatoms. The lowest BCUT2D eigenvalue weighted by atomic mass is 9.87. The Bertz CT molecular complexity index is 379. The maximum Gasteiger partial charge on any atom is 0.0991 e. The van der Waals surface area contributed by atoms with E-state index in [9.17, 15) is 0 Å². The van der Waals surface area contributed by atoms with Gasteiger partial charge in [0.05, 0.1) is 11.6 Å². The second kappa shape index (κ2) is 6.61. The van der Waals surface area contributed by atoms with Crippen LogP contribution in [0.2, 0.25) is 0 Å². The van der Waals surface area contributed by atoms with Gasteiger partial charge in [-0.3, -0.25) is 0 Å². The Balaban J connectivity index is 0.00000144. The highest BCUT2D eigenvalue weighted by atomic mass is 35.5. The summed E-state index contributed by atoms with van der Waals surface area (Å²) in [6.45, 7) is 1.63. The molecule has 1 aromatic carbocycles. The van der Waals surface area contributed by atoms with Crippen LogP contribution in [0.5, 0.6) is 0 Å². The van der Waals surface area contributed by atoms with Gasteiger partial charge in [0.1, 0.15) is 0 Å². The molecule has 0 aromatic heterocycles. The quantitative estimate of drug-likeness (QED) is 0.879. The molecular weight excluding hydrogens is 236 g/mol. The van der Waals surface area contributed by atoms with E-state index < -0.39 is 0 Å². The fraction of sp³-hybridized carbons (Fsp3) is 0.462. The normalized spacial score (nSPS) is 17.9. The first kappa shape index (κ1) is 14.0. The molecule has 17 heavy (non-hydrogen) atoms. The number of rotatable bonds is 2. The Kier molecular flexibility index (Phi) is 5.43. The molecule has 1 saturated heterocycles. The summed E-state index contributed by atoms with van der Waals surface area (Å²) in [4.78, 5) is 0. The molecule has 1 aliphatic heterocycles. The van der Waals surface area contributed by atoms with Crippen molar-refractivity contribution in [2.45, 2.75) is 18.9 Å². The average Bonchev–Trinajstić information content (AvgIpc) is 2.39. The molecule has 1 atom stereocenters. The topological polar surface area (TPSA) is 59.0 Å². The minimum absolute atomic E-state index is 0. The number of benzene rings is 1. The van der Waals surface area contributed by atoms with E-state index in [1.54, 1.807) is 0 Å². The lowest BCUT2D eigenvalue weighted by Gasteiger charge is -2.27. The van der Waals surface area contributed by atoms with Crippen LogP contribution < -0.4 is 5.73 Å². The van der Waals surface area contributed by atoms with Crippen molar-refractivity contribution in [2.75, 3.05) is 13.2 Å². The third kappa shape index (κ3) is 3.44. The summed E-state index contributed by atoms with van der Waals surface area (Å²) in [7, 11) is 0. The molecule has 0 spiro atoms. The Morgan fingerprint density at radius 1 is 1.24 bits per heavy atom. The SMILES string of the molecule is Cl.N#Cc1ccc([C@H](N)C2CCOCC2)cc1. The number of hydrogen-bond donors (Lipinski definition) is 1. The monoisotopic (exact) mass is 252 g/mol. The molecule has 0 radical (unpaired) electrons. The van der Waals surface area contributed by atoms with Gasteiger partial charge in [-0.25, -0.2) is 0 Å². The molecule has 0 bridgehead atoms. The van der Waals surface area contributed by atoms with Gasteiger partial charge in [-0.15, -0.1) is 12.4 Å². The van der Waals surface area contributed by atoms with Crippen molar-refractivity contribution < 1.29 is 4.74 Å². The molecule has 0 unspecified atom stereocenters. The first-order chi connectivity index (χ1) is 7.81. The number of halogens is 1. The van der Waals surface area contributed by atoms with Crippen LogP contribution in [0, 0.1) is 17.2 Å². The predicted molar refractivity (Wildman–Crippen MR) is 68.9 cm³/mol. The Morgan fingerprint density at radius 3 is 2.35 bits per heavy atom. The van der Waals surface area contributed by atoms with Crippen molar-refractivity contribution in [3.63, 3.8) is 0 Å². The standard InChI is InChI=1S/C13H16N2O.ClH/c14-9-10-1-3-11(4-2-10)13(15)12-5-7-16-8-6-12;/h1-4,12-13H,5-8,15H2;1H/t13-;/m0./s1. The Hall–Kier alpha value is -1.08. The van der Waals surface area contributed by atoms with Gasteiger partial charge in [0.2, 0.25) is 0 Å². The van der Waals surface area contributed by atoms with E-state index in [1.807, 2.05) is 24.3 Å². The van der Waals surface area contributed by atoms with E-state index in [-0.39, 0.29) is 18.4 Å². The summed E-state index contributed by atoms with van der Waals surface area (Å²) < 4.78 is 5.32. The largest absolute Gasteiger partial charge is 0.381 e. The summed E-state index contributed by atoms with van der Waals surface area (Å²) >= 11 is 0. The smallest absolute Gasteiger partial charge is 0.0991 e. The number of nitriles is 1. The minimum atomic E-state index is 0. The van der Waals surface area contributed by atoms with Gasteiger partial charge in [0.15, 0.2) is 0 Å². The number of nitrogens with zero attached hydrogens (tertiary/aromatic N) is 1. The highest BCUT2D eigenvalue weighted by Crippen LogP contribution is 2.27. The van der Waals surface area contributed by atoms with Gasteiger partial charge < -0.3 is 10.5 Å². The fourth-order valence-electron chi connectivity index (χ4n) is 2.13. The van der Waals surface area contributed by atoms with Crippen LogP contribution in [0.1, 0.15) is 30.0 Å². The van der Waals surface area contributed by atoms with Crippen LogP contribution >= 0.6 is 12.4 Å². The van der Waals surface area contributed by atoms with Gasteiger partial charge in [0, 0.05) is 19.3 Å². The molecule has 1 fully saturated rings. The maximum atomic E-state index is 8.72. The third-order valence-corrected chi connectivity index (χ3v) is 3.20. The Morgan fingerprint density at radius 2 is 1.82 bits per heavy atom. The van der Waals surface area contributed by atoms with E-state index in [0.29, 0.717) is 11.5 Å². The van der Waals surface area contributed by atoms with Gasteiger partial charge in [-0.1, -0.05) is 12.1 Å². The van der Waals surface area contributed by atoms with Crippen molar-refractivity contribution in [3.05, 3.63) is 35.4 Å². The second-order valence-electron chi connectivity index (χ2n) is 4.21. The zero-order valence-corrected chi connectivity index (χ0v) is 10.5. The molecule has 92 valence electrons. The van der Waals surface area contributed by atoms with Gasteiger partial charge >= 0.3 is 0 Å². The van der Waals surface area contributed by atoms with E-state index in [0.717, 1.165) is 31.6 Å². The lowest BCUT2D eigenvalue weighted by molar-refractivity contribution is 0.0584. The molecule has 2 rings (SSSR count). The van der Waals surface area contributed by atoms with Gasteiger partial charge in [-0.2, -0.15) is 5.26 Å². The summed E-state index contributed by atoms with van der Waals surface area (Å²) in [5.74, 6) is 0.502. The van der Waals surface area contributed by atoms with E-state index >= 15 is 0 Å². The number of ether oxygens (including phenoxy) is 1. The van der Waals surface area contributed by atoms with Crippen molar-refractivity contribution >= 4 is 12.4 Å².